The Morgan fingerprint density at radius 1 is 1.27 bits per heavy atom. The summed E-state index contributed by atoms with van der Waals surface area (Å²) in [5.74, 6) is 1.65. The highest BCUT2D eigenvalue weighted by Gasteiger charge is 2.35. The highest BCUT2D eigenvalue weighted by atomic mass is 16.3. The zero-order valence-electron chi connectivity index (χ0n) is 12.7. The second-order valence-electron chi connectivity index (χ2n) is 5.64. The minimum Gasteiger partial charge on any atom is -0.383 e. The maximum atomic E-state index is 11.0. The van der Waals surface area contributed by atoms with Crippen molar-refractivity contribution in [1.82, 2.24) is 9.97 Å². The van der Waals surface area contributed by atoms with Crippen molar-refractivity contribution in [2.75, 3.05) is 36.1 Å². The first-order valence-electron chi connectivity index (χ1n) is 7.46. The van der Waals surface area contributed by atoms with Crippen LogP contribution in [-0.2, 0) is 5.60 Å². The SMILES string of the molecule is CNc1cc(N2CCC[C@](O)(c3ccccc3)C2)nc(N)n1. The lowest BCUT2D eigenvalue weighted by atomic mass is 9.86. The minimum atomic E-state index is -0.862. The molecular formula is C16H21N5O. The van der Waals surface area contributed by atoms with Crippen molar-refractivity contribution in [2.24, 2.45) is 0 Å². The molecule has 0 aliphatic carbocycles. The number of rotatable bonds is 3. The summed E-state index contributed by atoms with van der Waals surface area (Å²) < 4.78 is 0. The maximum Gasteiger partial charge on any atom is 0.223 e. The number of nitrogen functional groups attached to an aromatic ring is 1. The lowest BCUT2D eigenvalue weighted by molar-refractivity contribution is 0.0217. The summed E-state index contributed by atoms with van der Waals surface area (Å²) in [5.41, 5.74) is 5.85. The van der Waals surface area contributed by atoms with Gasteiger partial charge in [-0.1, -0.05) is 30.3 Å². The van der Waals surface area contributed by atoms with Crippen molar-refractivity contribution < 1.29 is 5.11 Å². The molecule has 3 rings (SSSR count). The van der Waals surface area contributed by atoms with Crippen molar-refractivity contribution >= 4 is 17.6 Å². The van der Waals surface area contributed by atoms with Gasteiger partial charge in [0.25, 0.3) is 0 Å². The largest absolute Gasteiger partial charge is 0.383 e. The normalized spacial score (nSPS) is 21.6. The first-order valence-corrected chi connectivity index (χ1v) is 7.46. The zero-order chi connectivity index (χ0) is 15.6. The summed E-state index contributed by atoms with van der Waals surface area (Å²) >= 11 is 0. The molecule has 6 nitrogen and oxygen atoms in total. The monoisotopic (exact) mass is 299 g/mol. The Labute approximate surface area is 130 Å². The quantitative estimate of drug-likeness (QED) is 0.798. The number of nitrogens with zero attached hydrogens (tertiary/aromatic N) is 3. The van der Waals surface area contributed by atoms with E-state index in [1.807, 2.05) is 36.4 Å². The van der Waals surface area contributed by atoms with Crippen LogP contribution in [0, 0.1) is 0 Å². The third-order valence-electron chi connectivity index (χ3n) is 4.09. The number of piperidine rings is 1. The van der Waals surface area contributed by atoms with Crippen LogP contribution in [0.3, 0.4) is 0 Å². The third-order valence-corrected chi connectivity index (χ3v) is 4.09. The molecule has 1 saturated heterocycles. The van der Waals surface area contributed by atoms with Gasteiger partial charge in [-0.2, -0.15) is 9.97 Å². The van der Waals surface area contributed by atoms with Gasteiger partial charge in [-0.05, 0) is 18.4 Å². The molecule has 4 N–H and O–H groups in total. The molecule has 0 spiro atoms. The summed E-state index contributed by atoms with van der Waals surface area (Å²) in [6.45, 7) is 1.34. The number of aliphatic hydroxyl groups is 1. The first-order chi connectivity index (χ1) is 10.6. The van der Waals surface area contributed by atoms with Gasteiger partial charge in [0, 0.05) is 19.7 Å². The van der Waals surface area contributed by atoms with E-state index in [0.717, 1.165) is 30.8 Å². The summed E-state index contributed by atoms with van der Waals surface area (Å²) in [4.78, 5) is 10.5. The number of aromatic nitrogens is 2. The Bertz CT molecular complexity index is 648. The molecule has 1 aliphatic heterocycles. The number of anilines is 3. The molecule has 1 atom stereocenters. The van der Waals surface area contributed by atoms with Crippen molar-refractivity contribution in [2.45, 2.75) is 18.4 Å². The lowest BCUT2D eigenvalue weighted by Crippen LogP contribution is -2.46. The fraction of sp³-hybridized carbons (Fsp3) is 0.375. The zero-order valence-corrected chi connectivity index (χ0v) is 12.7. The summed E-state index contributed by atoms with van der Waals surface area (Å²) in [7, 11) is 1.79. The van der Waals surface area contributed by atoms with E-state index < -0.39 is 5.60 Å². The Hall–Kier alpha value is -2.34. The number of nitrogens with one attached hydrogen (secondary N) is 1. The highest BCUT2D eigenvalue weighted by Crippen LogP contribution is 2.33. The van der Waals surface area contributed by atoms with Crippen LogP contribution < -0.4 is 16.0 Å². The van der Waals surface area contributed by atoms with E-state index in [9.17, 15) is 5.11 Å². The van der Waals surface area contributed by atoms with Gasteiger partial charge in [0.2, 0.25) is 5.95 Å². The minimum absolute atomic E-state index is 0.232. The molecule has 116 valence electrons. The van der Waals surface area contributed by atoms with Crippen LogP contribution in [0.5, 0.6) is 0 Å². The third kappa shape index (κ3) is 2.82. The summed E-state index contributed by atoms with van der Waals surface area (Å²) in [6.07, 6.45) is 1.64. The van der Waals surface area contributed by atoms with Crippen LogP contribution in [0.25, 0.3) is 0 Å². The molecule has 0 amide bonds. The molecule has 0 saturated carbocycles. The molecule has 1 aliphatic rings. The smallest absolute Gasteiger partial charge is 0.223 e. The summed E-state index contributed by atoms with van der Waals surface area (Å²) in [5, 5.41) is 14.0. The molecule has 1 fully saturated rings. The number of benzene rings is 1. The van der Waals surface area contributed by atoms with E-state index in [-0.39, 0.29) is 5.95 Å². The van der Waals surface area contributed by atoms with Crippen LogP contribution in [0.15, 0.2) is 36.4 Å². The molecule has 2 aromatic rings. The fourth-order valence-electron chi connectivity index (χ4n) is 2.96. The van der Waals surface area contributed by atoms with Crippen LogP contribution >= 0.6 is 0 Å². The second-order valence-corrected chi connectivity index (χ2v) is 5.64. The Morgan fingerprint density at radius 3 is 2.77 bits per heavy atom. The molecule has 0 unspecified atom stereocenters. The highest BCUT2D eigenvalue weighted by molar-refractivity contribution is 5.53. The van der Waals surface area contributed by atoms with E-state index in [1.165, 1.54) is 0 Å². The number of hydrogen-bond acceptors (Lipinski definition) is 6. The van der Waals surface area contributed by atoms with Gasteiger partial charge in [0.1, 0.15) is 17.2 Å². The average molecular weight is 299 g/mol. The van der Waals surface area contributed by atoms with Crippen molar-refractivity contribution in [3.8, 4) is 0 Å². The van der Waals surface area contributed by atoms with Gasteiger partial charge in [-0.3, -0.25) is 0 Å². The lowest BCUT2D eigenvalue weighted by Gasteiger charge is -2.40. The standard InChI is InChI=1S/C16H21N5O/c1-18-13-10-14(20-15(17)19-13)21-9-5-8-16(22,11-21)12-6-3-2-4-7-12/h2-4,6-7,10,22H,5,8-9,11H2,1H3,(H3,17,18,19,20)/t16-/m1/s1. The van der Waals surface area contributed by atoms with Crippen LogP contribution in [0.4, 0.5) is 17.6 Å². The van der Waals surface area contributed by atoms with Crippen molar-refractivity contribution in [3.63, 3.8) is 0 Å². The molecule has 1 aromatic carbocycles. The molecule has 0 radical (unpaired) electrons. The van der Waals surface area contributed by atoms with E-state index >= 15 is 0 Å². The molecule has 0 bridgehead atoms. The molecule has 6 heteroatoms. The molecule has 1 aromatic heterocycles. The van der Waals surface area contributed by atoms with Gasteiger partial charge in [0.15, 0.2) is 0 Å². The van der Waals surface area contributed by atoms with E-state index in [2.05, 4.69) is 20.2 Å². The van der Waals surface area contributed by atoms with E-state index in [1.54, 1.807) is 7.05 Å². The van der Waals surface area contributed by atoms with E-state index in [4.69, 9.17) is 5.73 Å². The number of hydrogen-bond donors (Lipinski definition) is 3. The van der Waals surface area contributed by atoms with Crippen LogP contribution in [0.2, 0.25) is 0 Å². The Kier molecular flexibility index (Phi) is 3.85. The maximum absolute atomic E-state index is 11.0. The van der Waals surface area contributed by atoms with Crippen molar-refractivity contribution in [3.05, 3.63) is 42.0 Å². The van der Waals surface area contributed by atoms with Gasteiger partial charge >= 0.3 is 0 Å². The average Bonchev–Trinajstić information content (AvgIpc) is 2.55. The second kappa shape index (κ2) is 5.81. The van der Waals surface area contributed by atoms with E-state index in [0.29, 0.717) is 12.4 Å². The van der Waals surface area contributed by atoms with Crippen molar-refractivity contribution in [1.29, 1.82) is 0 Å². The number of β-amino-alcohol motifs (C(OH)–C–C–N with tert-alkyl or cyclic N) is 1. The molecule has 22 heavy (non-hydrogen) atoms. The first kappa shape index (κ1) is 14.6. The van der Waals surface area contributed by atoms with Crippen LogP contribution in [0.1, 0.15) is 18.4 Å². The Morgan fingerprint density at radius 2 is 2.05 bits per heavy atom. The van der Waals surface area contributed by atoms with Gasteiger partial charge in [0.05, 0.1) is 6.54 Å². The number of nitrogens with two attached hydrogens (primary N) is 1. The van der Waals surface area contributed by atoms with Gasteiger partial charge in [-0.25, -0.2) is 0 Å². The van der Waals surface area contributed by atoms with Gasteiger partial charge < -0.3 is 21.1 Å². The Balaban J connectivity index is 1.89. The predicted octanol–water partition coefficient (Wildman–Crippen LogP) is 1.59. The fourth-order valence-corrected chi connectivity index (χ4v) is 2.96. The molecule has 2 heterocycles. The summed E-state index contributed by atoms with van der Waals surface area (Å²) in [6, 6.07) is 11.7. The molecular weight excluding hydrogens is 278 g/mol. The van der Waals surface area contributed by atoms with Crippen LogP contribution in [-0.4, -0.2) is 35.2 Å². The topological polar surface area (TPSA) is 87.3 Å². The predicted molar refractivity (Wildman–Crippen MR) is 87.8 cm³/mol. The van der Waals surface area contributed by atoms with Gasteiger partial charge in [-0.15, -0.1) is 0 Å².